The van der Waals surface area contributed by atoms with Crippen LogP contribution in [-0.4, -0.2) is 48.3 Å². The van der Waals surface area contributed by atoms with Gasteiger partial charge in [0.1, 0.15) is 0 Å². The van der Waals surface area contributed by atoms with Crippen LogP contribution in [0.25, 0.3) is 0 Å². The maximum atomic E-state index is 12.1. The summed E-state index contributed by atoms with van der Waals surface area (Å²) in [5, 5.41) is 9.18. The zero-order valence-electron chi connectivity index (χ0n) is 8.56. The zero-order valence-corrected chi connectivity index (χ0v) is 11.0. The molecule has 16 heavy (non-hydrogen) atoms. The third-order valence-corrected chi connectivity index (χ3v) is 4.09. The summed E-state index contributed by atoms with van der Waals surface area (Å²) in [6.07, 6.45) is 0. The molecule has 2 heterocycles. The number of hydrogen-bond donors (Lipinski definition) is 1. The molecule has 88 valence electrons. The number of carbonyl (C=O) groups excluding carboxylic acids is 1. The maximum Gasteiger partial charge on any atom is 0.264 e. The van der Waals surface area contributed by atoms with Gasteiger partial charge in [0.25, 0.3) is 5.91 Å². The molecule has 1 N–H and O–H groups in total. The molecular weight excluding hydrogens is 294 g/mol. The highest BCUT2D eigenvalue weighted by atomic mass is 79.9. The molecular formula is C10H12BrNO3S. The Balaban J connectivity index is 2.13. The van der Waals surface area contributed by atoms with Crippen LogP contribution in [0.3, 0.4) is 0 Å². The van der Waals surface area contributed by atoms with Gasteiger partial charge in [-0.1, -0.05) is 0 Å². The van der Waals surface area contributed by atoms with E-state index in [0.717, 1.165) is 3.79 Å². The van der Waals surface area contributed by atoms with E-state index in [4.69, 9.17) is 4.74 Å². The highest BCUT2D eigenvalue weighted by molar-refractivity contribution is 9.11. The first-order valence-electron chi connectivity index (χ1n) is 4.97. The minimum atomic E-state index is -0.220. The molecule has 1 aromatic rings. The third-order valence-electron chi connectivity index (χ3n) is 2.48. The van der Waals surface area contributed by atoms with Gasteiger partial charge in [0.15, 0.2) is 0 Å². The van der Waals surface area contributed by atoms with E-state index in [1.807, 2.05) is 6.07 Å². The van der Waals surface area contributed by atoms with Gasteiger partial charge in [-0.05, 0) is 28.1 Å². The summed E-state index contributed by atoms with van der Waals surface area (Å²) in [4.78, 5) is 14.5. The standard InChI is InChI=1S/C10H12BrNO3S/c11-9-2-1-8(16-9)10(14)12-3-4-15-6-7(12)5-13/h1-2,7,13H,3-6H2. The molecule has 1 aliphatic rings. The molecule has 0 spiro atoms. The molecule has 1 unspecified atom stereocenters. The van der Waals surface area contributed by atoms with E-state index in [0.29, 0.717) is 24.6 Å². The van der Waals surface area contributed by atoms with Gasteiger partial charge in [-0.25, -0.2) is 0 Å². The molecule has 1 aliphatic heterocycles. The smallest absolute Gasteiger partial charge is 0.264 e. The van der Waals surface area contributed by atoms with Crippen LogP contribution >= 0.6 is 27.3 Å². The van der Waals surface area contributed by atoms with Crippen LogP contribution in [0, 0.1) is 0 Å². The maximum absolute atomic E-state index is 12.1. The van der Waals surface area contributed by atoms with Crippen molar-refractivity contribution in [2.75, 3.05) is 26.4 Å². The van der Waals surface area contributed by atoms with Crippen molar-refractivity contribution >= 4 is 33.2 Å². The minimum Gasteiger partial charge on any atom is -0.394 e. The molecule has 0 radical (unpaired) electrons. The lowest BCUT2D eigenvalue weighted by Crippen LogP contribution is -2.50. The Hall–Kier alpha value is -0.430. The number of rotatable bonds is 2. The molecule has 0 aliphatic carbocycles. The van der Waals surface area contributed by atoms with Crippen molar-refractivity contribution in [3.8, 4) is 0 Å². The van der Waals surface area contributed by atoms with Gasteiger partial charge in [0, 0.05) is 6.54 Å². The van der Waals surface area contributed by atoms with Gasteiger partial charge in [-0.15, -0.1) is 11.3 Å². The lowest BCUT2D eigenvalue weighted by atomic mass is 10.2. The molecule has 1 fully saturated rings. The van der Waals surface area contributed by atoms with E-state index < -0.39 is 0 Å². The van der Waals surface area contributed by atoms with Crippen LogP contribution in [0.5, 0.6) is 0 Å². The van der Waals surface area contributed by atoms with E-state index in [9.17, 15) is 9.90 Å². The molecule has 0 saturated carbocycles. The number of carbonyl (C=O) groups is 1. The highest BCUT2D eigenvalue weighted by Crippen LogP contribution is 2.24. The van der Waals surface area contributed by atoms with Crippen molar-refractivity contribution in [3.05, 3.63) is 20.8 Å². The van der Waals surface area contributed by atoms with Gasteiger partial charge in [0.05, 0.1) is 34.5 Å². The second-order valence-electron chi connectivity index (χ2n) is 3.51. The highest BCUT2D eigenvalue weighted by Gasteiger charge is 2.28. The van der Waals surface area contributed by atoms with Crippen molar-refractivity contribution in [1.82, 2.24) is 4.90 Å². The summed E-state index contributed by atoms with van der Waals surface area (Å²) in [7, 11) is 0. The molecule has 4 nitrogen and oxygen atoms in total. The Bertz CT molecular complexity index is 382. The first-order chi connectivity index (χ1) is 7.72. The summed E-state index contributed by atoms with van der Waals surface area (Å²) >= 11 is 4.74. The zero-order chi connectivity index (χ0) is 11.5. The quantitative estimate of drug-likeness (QED) is 0.897. The normalized spacial score (nSPS) is 21.1. The van der Waals surface area contributed by atoms with Crippen molar-refractivity contribution in [2.24, 2.45) is 0 Å². The molecule has 2 rings (SSSR count). The topological polar surface area (TPSA) is 49.8 Å². The molecule has 0 bridgehead atoms. The minimum absolute atomic E-state index is 0.0296. The van der Waals surface area contributed by atoms with E-state index in [-0.39, 0.29) is 18.6 Å². The Labute approximate surface area is 106 Å². The first-order valence-corrected chi connectivity index (χ1v) is 6.58. The lowest BCUT2D eigenvalue weighted by molar-refractivity contribution is -0.0181. The van der Waals surface area contributed by atoms with Crippen molar-refractivity contribution < 1.29 is 14.6 Å². The van der Waals surface area contributed by atoms with Crippen LogP contribution in [-0.2, 0) is 4.74 Å². The second-order valence-corrected chi connectivity index (χ2v) is 5.98. The van der Waals surface area contributed by atoms with Crippen molar-refractivity contribution in [3.63, 3.8) is 0 Å². The van der Waals surface area contributed by atoms with E-state index in [2.05, 4.69) is 15.9 Å². The number of nitrogens with zero attached hydrogens (tertiary/aromatic N) is 1. The average Bonchev–Trinajstić information content (AvgIpc) is 2.75. The Kier molecular flexibility index (Phi) is 3.96. The molecule has 1 amide bonds. The van der Waals surface area contributed by atoms with Crippen LogP contribution in [0.1, 0.15) is 9.67 Å². The largest absolute Gasteiger partial charge is 0.394 e. The number of ether oxygens (including phenoxy) is 1. The van der Waals surface area contributed by atoms with Gasteiger partial charge < -0.3 is 14.7 Å². The number of thiophene rings is 1. The summed E-state index contributed by atoms with van der Waals surface area (Å²) < 4.78 is 6.17. The third kappa shape index (κ3) is 2.45. The summed E-state index contributed by atoms with van der Waals surface area (Å²) in [6, 6.07) is 3.43. The number of morpholine rings is 1. The van der Waals surface area contributed by atoms with Crippen LogP contribution in [0.2, 0.25) is 0 Å². The number of amides is 1. The molecule has 1 atom stereocenters. The molecule has 6 heteroatoms. The first kappa shape index (κ1) is 12.0. The Morgan fingerprint density at radius 1 is 1.69 bits per heavy atom. The van der Waals surface area contributed by atoms with Crippen LogP contribution < -0.4 is 0 Å². The fourth-order valence-electron chi connectivity index (χ4n) is 1.64. The van der Waals surface area contributed by atoms with Gasteiger partial charge in [-0.3, -0.25) is 4.79 Å². The Morgan fingerprint density at radius 3 is 3.12 bits per heavy atom. The van der Waals surface area contributed by atoms with Crippen molar-refractivity contribution in [1.29, 1.82) is 0 Å². The fourth-order valence-corrected chi connectivity index (χ4v) is 2.99. The summed E-state index contributed by atoms with van der Waals surface area (Å²) in [5.74, 6) is -0.0296. The summed E-state index contributed by atoms with van der Waals surface area (Å²) in [5.41, 5.74) is 0. The lowest BCUT2D eigenvalue weighted by Gasteiger charge is -2.34. The molecule has 0 aromatic carbocycles. The predicted octanol–water partition coefficient (Wildman–Crippen LogP) is 1.34. The van der Waals surface area contributed by atoms with E-state index in [1.54, 1.807) is 11.0 Å². The summed E-state index contributed by atoms with van der Waals surface area (Å²) in [6.45, 7) is 1.43. The second kappa shape index (κ2) is 5.27. The average molecular weight is 306 g/mol. The predicted molar refractivity (Wildman–Crippen MR) is 64.7 cm³/mol. The number of aliphatic hydroxyl groups excluding tert-OH is 1. The van der Waals surface area contributed by atoms with Crippen LogP contribution in [0.15, 0.2) is 15.9 Å². The van der Waals surface area contributed by atoms with Crippen molar-refractivity contribution in [2.45, 2.75) is 6.04 Å². The van der Waals surface area contributed by atoms with Gasteiger partial charge >= 0.3 is 0 Å². The molecule has 1 saturated heterocycles. The monoisotopic (exact) mass is 305 g/mol. The van der Waals surface area contributed by atoms with Gasteiger partial charge in [0.2, 0.25) is 0 Å². The Morgan fingerprint density at radius 2 is 2.50 bits per heavy atom. The van der Waals surface area contributed by atoms with E-state index in [1.165, 1.54) is 11.3 Å². The molecule has 1 aromatic heterocycles. The number of halogens is 1. The number of aliphatic hydroxyl groups is 1. The van der Waals surface area contributed by atoms with E-state index >= 15 is 0 Å². The number of hydrogen-bond acceptors (Lipinski definition) is 4. The fraction of sp³-hybridized carbons (Fsp3) is 0.500. The SMILES string of the molecule is O=C(c1ccc(Br)s1)N1CCOCC1CO. The van der Waals surface area contributed by atoms with Gasteiger partial charge in [-0.2, -0.15) is 0 Å². The van der Waals surface area contributed by atoms with Crippen LogP contribution in [0.4, 0.5) is 0 Å².